The zero-order valence-electron chi connectivity index (χ0n) is 14.6. The maximum atomic E-state index is 11.2. The lowest BCUT2D eigenvalue weighted by Gasteiger charge is -2.10. The second kappa shape index (κ2) is 7.09. The van der Waals surface area contributed by atoms with Crippen LogP contribution in [0.2, 0.25) is 0 Å². The highest BCUT2D eigenvalue weighted by atomic mass is 16.4. The smallest absolute Gasteiger partial charge is 0.339 e. The molecule has 134 valence electrons. The molecule has 0 radical (unpaired) electrons. The minimum atomic E-state index is -1.13. The molecule has 0 amide bonds. The molecule has 3 N–H and O–H groups in total. The lowest BCUT2D eigenvalue weighted by molar-refractivity contribution is 0.0694. The summed E-state index contributed by atoms with van der Waals surface area (Å²) in [6.45, 7) is 1.41. The molecule has 27 heavy (non-hydrogen) atoms. The van der Waals surface area contributed by atoms with E-state index in [0.717, 1.165) is 22.9 Å². The van der Waals surface area contributed by atoms with E-state index in [1.165, 1.54) is 28.5 Å². The van der Waals surface area contributed by atoms with Crippen LogP contribution >= 0.6 is 0 Å². The molecule has 0 fully saturated rings. The summed E-state index contributed by atoms with van der Waals surface area (Å²) < 4.78 is 0. The van der Waals surface area contributed by atoms with Crippen LogP contribution in [0.5, 0.6) is 5.75 Å². The average Bonchev–Trinajstić information content (AvgIpc) is 2.67. The van der Waals surface area contributed by atoms with E-state index in [9.17, 15) is 15.0 Å². The van der Waals surface area contributed by atoms with E-state index in [2.05, 4.69) is 35.6 Å². The number of carbonyl (C=O) groups is 1. The van der Waals surface area contributed by atoms with Gasteiger partial charge in [-0.2, -0.15) is 0 Å². The first-order valence-electron chi connectivity index (χ1n) is 8.78. The van der Waals surface area contributed by atoms with Crippen molar-refractivity contribution < 1.29 is 15.0 Å². The second-order valence-electron chi connectivity index (χ2n) is 6.60. The normalized spacial score (nSPS) is 11.1. The van der Waals surface area contributed by atoms with E-state index >= 15 is 0 Å². The summed E-state index contributed by atoms with van der Waals surface area (Å²) in [7, 11) is 0. The van der Waals surface area contributed by atoms with Gasteiger partial charge in [-0.1, -0.05) is 54.6 Å². The predicted molar refractivity (Wildman–Crippen MR) is 107 cm³/mol. The van der Waals surface area contributed by atoms with E-state index in [4.69, 9.17) is 0 Å². The second-order valence-corrected chi connectivity index (χ2v) is 6.60. The molecule has 0 bridgehead atoms. The van der Waals surface area contributed by atoms with E-state index in [-0.39, 0.29) is 11.3 Å². The Morgan fingerprint density at radius 3 is 2.48 bits per heavy atom. The minimum absolute atomic E-state index is 0.0802. The Kier molecular flexibility index (Phi) is 4.48. The minimum Gasteiger partial charge on any atom is -0.507 e. The summed E-state index contributed by atoms with van der Waals surface area (Å²) in [6, 6.07) is 23.5. The Morgan fingerprint density at radius 2 is 1.63 bits per heavy atom. The van der Waals surface area contributed by atoms with Crippen LogP contribution in [0.15, 0.2) is 72.8 Å². The van der Waals surface area contributed by atoms with Gasteiger partial charge in [-0.15, -0.1) is 0 Å². The number of aromatic carboxylic acids is 1. The molecular weight excluding hydrogens is 338 g/mol. The van der Waals surface area contributed by atoms with E-state index in [0.29, 0.717) is 6.54 Å². The monoisotopic (exact) mass is 357 g/mol. The molecule has 0 spiro atoms. The summed E-state index contributed by atoms with van der Waals surface area (Å²) in [4.78, 5) is 11.2. The van der Waals surface area contributed by atoms with Crippen molar-refractivity contribution in [2.24, 2.45) is 0 Å². The Hall–Kier alpha value is -3.37. The lowest BCUT2D eigenvalue weighted by atomic mass is 10.0. The number of rotatable bonds is 5. The number of phenols is 1. The van der Waals surface area contributed by atoms with Crippen LogP contribution in [0.25, 0.3) is 21.5 Å². The van der Waals surface area contributed by atoms with Gasteiger partial charge in [0.05, 0.1) is 0 Å². The molecule has 0 saturated carbocycles. The Labute approximate surface area is 156 Å². The zero-order chi connectivity index (χ0) is 18.8. The van der Waals surface area contributed by atoms with Gasteiger partial charge in [0.25, 0.3) is 0 Å². The van der Waals surface area contributed by atoms with Gasteiger partial charge in [-0.25, -0.2) is 4.79 Å². The Morgan fingerprint density at radius 1 is 0.815 bits per heavy atom. The molecule has 0 unspecified atom stereocenters. The predicted octanol–water partition coefficient (Wildman–Crippen LogP) is 4.69. The third kappa shape index (κ3) is 3.48. The third-order valence-corrected chi connectivity index (χ3v) is 4.77. The first kappa shape index (κ1) is 17.1. The van der Waals surface area contributed by atoms with Crippen LogP contribution in [-0.4, -0.2) is 16.2 Å². The van der Waals surface area contributed by atoms with Gasteiger partial charge in [-0.05, 0) is 50.9 Å². The molecule has 0 heterocycles. The first-order valence-corrected chi connectivity index (χ1v) is 8.78. The van der Waals surface area contributed by atoms with E-state index < -0.39 is 5.97 Å². The van der Waals surface area contributed by atoms with Gasteiger partial charge in [0, 0.05) is 13.1 Å². The number of benzene rings is 4. The van der Waals surface area contributed by atoms with Crippen molar-refractivity contribution in [3.8, 4) is 5.75 Å². The topological polar surface area (TPSA) is 69.6 Å². The number of carboxylic acid groups (broad SMARTS) is 1. The molecule has 4 nitrogen and oxygen atoms in total. The number of fused-ring (bicyclic) bond motifs is 2. The summed E-state index contributed by atoms with van der Waals surface area (Å²) in [6.07, 6.45) is 0. The van der Waals surface area contributed by atoms with Crippen molar-refractivity contribution in [2.45, 2.75) is 13.1 Å². The van der Waals surface area contributed by atoms with Crippen LogP contribution in [0, 0.1) is 0 Å². The molecule has 0 atom stereocenters. The summed E-state index contributed by atoms with van der Waals surface area (Å²) in [5.41, 5.74) is 2.22. The number of nitrogens with one attached hydrogen (secondary N) is 1. The molecule has 4 aromatic rings. The summed E-state index contributed by atoms with van der Waals surface area (Å²) >= 11 is 0. The van der Waals surface area contributed by atoms with Gasteiger partial charge in [0.1, 0.15) is 11.3 Å². The maximum Gasteiger partial charge on any atom is 0.339 e. The summed E-state index contributed by atoms with van der Waals surface area (Å²) in [5, 5.41) is 26.5. The molecule has 0 aliphatic carbocycles. The fraction of sp³-hybridized carbons (Fsp3) is 0.0870. The maximum absolute atomic E-state index is 11.2. The molecule has 0 saturated heterocycles. The molecule has 0 aromatic heterocycles. The van der Waals surface area contributed by atoms with Crippen molar-refractivity contribution in [3.63, 3.8) is 0 Å². The fourth-order valence-electron chi connectivity index (χ4n) is 3.40. The highest BCUT2D eigenvalue weighted by molar-refractivity contribution is 5.97. The first-order chi connectivity index (χ1) is 13.1. The lowest BCUT2D eigenvalue weighted by Crippen LogP contribution is -2.12. The number of carboxylic acids is 1. The highest BCUT2D eigenvalue weighted by Gasteiger charge is 2.11. The van der Waals surface area contributed by atoms with Crippen LogP contribution in [0.1, 0.15) is 21.5 Å². The highest BCUT2D eigenvalue weighted by Crippen LogP contribution is 2.26. The van der Waals surface area contributed by atoms with Crippen LogP contribution in [-0.2, 0) is 13.1 Å². The number of aromatic hydroxyl groups is 1. The van der Waals surface area contributed by atoms with Crippen LogP contribution < -0.4 is 5.32 Å². The van der Waals surface area contributed by atoms with Crippen molar-refractivity contribution in [1.82, 2.24) is 5.32 Å². The standard InChI is InChI=1S/C23H19NO3/c25-22-12-17-9-8-15(10-19(17)11-21(22)23(26)27)13-24-14-18-6-3-5-16-4-1-2-7-20(16)18/h1-12,24-25H,13-14H2,(H,26,27). The van der Waals surface area contributed by atoms with Crippen molar-refractivity contribution >= 4 is 27.5 Å². The van der Waals surface area contributed by atoms with E-state index in [1.54, 1.807) is 0 Å². The van der Waals surface area contributed by atoms with E-state index in [1.807, 2.05) is 30.3 Å². The average molecular weight is 357 g/mol. The van der Waals surface area contributed by atoms with Crippen molar-refractivity contribution in [2.75, 3.05) is 0 Å². The molecule has 4 aromatic carbocycles. The van der Waals surface area contributed by atoms with Gasteiger partial charge >= 0.3 is 5.97 Å². The van der Waals surface area contributed by atoms with Crippen molar-refractivity contribution in [3.05, 3.63) is 89.5 Å². The third-order valence-electron chi connectivity index (χ3n) is 4.77. The van der Waals surface area contributed by atoms with Gasteiger partial charge < -0.3 is 15.5 Å². The Bertz CT molecular complexity index is 1150. The van der Waals surface area contributed by atoms with Crippen molar-refractivity contribution in [1.29, 1.82) is 0 Å². The molecule has 0 aliphatic rings. The van der Waals surface area contributed by atoms with Crippen LogP contribution in [0.4, 0.5) is 0 Å². The van der Waals surface area contributed by atoms with Gasteiger partial charge in [-0.3, -0.25) is 0 Å². The SMILES string of the molecule is O=C(O)c1cc2cc(CNCc3cccc4ccccc34)ccc2cc1O. The number of hydrogen-bond acceptors (Lipinski definition) is 3. The molecule has 4 heteroatoms. The quantitative estimate of drug-likeness (QED) is 0.485. The molecule has 0 aliphatic heterocycles. The zero-order valence-corrected chi connectivity index (χ0v) is 14.6. The number of hydrogen-bond donors (Lipinski definition) is 3. The fourth-order valence-corrected chi connectivity index (χ4v) is 3.40. The molecular formula is C23H19NO3. The summed E-state index contributed by atoms with van der Waals surface area (Å²) in [5.74, 6) is -1.34. The van der Waals surface area contributed by atoms with Crippen LogP contribution in [0.3, 0.4) is 0 Å². The van der Waals surface area contributed by atoms with Gasteiger partial charge in [0.15, 0.2) is 0 Å². The largest absolute Gasteiger partial charge is 0.507 e. The Balaban J connectivity index is 1.53. The molecule has 4 rings (SSSR count). The van der Waals surface area contributed by atoms with Gasteiger partial charge in [0.2, 0.25) is 0 Å².